The van der Waals surface area contributed by atoms with Crippen molar-refractivity contribution in [2.75, 3.05) is 30.3 Å². The molecule has 0 radical (unpaired) electrons. The molecule has 0 aromatic carbocycles. The Bertz CT molecular complexity index is 290. The highest BCUT2D eigenvalue weighted by atomic mass is 16.3. The zero-order valence-corrected chi connectivity index (χ0v) is 9.27. The topological polar surface area (TPSA) is 75.3 Å². The number of anilines is 2. The highest BCUT2D eigenvalue weighted by Gasteiger charge is 2.07. The summed E-state index contributed by atoms with van der Waals surface area (Å²) in [5, 5.41) is 8.95. The minimum absolute atomic E-state index is 0.114. The Hall–Kier alpha value is -1.36. The highest BCUT2D eigenvalue weighted by Crippen LogP contribution is 2.13. The van der Waals surface area contributed by atoms with E-state index in [1.807, 2.05) is 11.8 Å². The van der Waals surface area contributed by atoms with E-state index in [1.165, 1.54) is 0 Å². The number of hydrogen-bond acceptors (Lipinski definition) is 5. The molecule has 0 amide bonds. The highest BCUT2D eigenvalue weighted by molar-refractivity contribution is 5.46. The summed E-state index contributed by atoms with van der Waals surface area (Å²) in [7, 11) is 0. The monoisotopic (exact) mass is 210 g/mol. The molecule has 1 rings (SSSR count). The van der Waals surface area contributed by atoms with E-state index in [9.17, 15) is 0 Å². The van der Waals surface area contributed by atoms with Crippen molar-refractivity contribution < 1.29 is 5.11 Å². The maximum atomic E-state index is 8.95. The van der Waals surface area contributed by atoms with E-state index in [-0.39, 0.29) is 6.61 Å². The van der Waals surface area contributed by atoms with Gasteiger partial charge in [0.15, 0.2) is 0 Å². The number of nitrogens with zero attached hydrogens (tertiary/aromatic N) is 3. The normalized spacial score (nSPS) is 10.3. The number of aliphatic hydroxyl groups excluding tert-OH is 1. The Kier molecular flexibility index (Phi) is 4.30. The van der Waals surface area contributed by atoms with Crippen LogP contribution in [0.4, 0.5) is 11.6 Å². The molecule has 0 aliphatic heterocycles. The van der Waals surface area contributed by atoms with Gasteiger partial charge in [0.1, 0.15) is 17.5 Å². The molecule has 0 spiro atoms. The fourth-order valence-electron chi connectivity index (χ4n) is 1.47. The fraction of sp³-hybridized carbons (Fsp3) is 0.600. The summed E-state index contributed by atoms with van der Waals surface area (Å²) < 4.78 is 0. The molecule has 0 aliphatic carbocycles. The molecular formula is C10H18N4O. The van der Waals surface area contributed by atoms with Crippen LogP contribution in [-0.4, -0.2) is 34.8 Å². The van der Waals surface area contributed by atoms with Crippen LogP contribution in [0.25, 0.3) is 0 Å². The van der Waals surface area contributed by atoms with E-state index >= 15 is 0 Å². The van der Waals surface area contributed by atoms with Gasteiger partial charge in [-0.15, -0.1) is 0 Å². The van der Waals surface area contributed by atoms with Crippen molar-refractivity contribution in [3.05, 3.63) is 11.9 Å². The number of nitrogen functional groups attached to an aromatic ring is 1. The average molecular weight is 210 g/mol. The minimum atomic E-state index is 0.114. The number of aliphatic hydroxyl groups is 1. The fourth-order valence-corrected chi connectivity index (χ4v) is 1.47. The summed E-state index contributed by atoms with van der Waals surface area (Å²) in [6.45, 7) is 5.44. The largest absolute Gasteiger partial charge is 0.395 e. The SMILES string of the molecule is CCCN(CCO)c1cc(N)nc(C)n1. The molecule has 0 bridgehead atoms. The smallest absolute Gasteiger partial charge is 0.134 e. The van der Waals surface area contributed by atoms with Crippen molar-refractivity contribution >= 4 is 11.6 Å². The first-order chi connectivity index (χ1) is 7.17. The van der Waals surface area contributed by atoms with Crippen molar-refractivity contribution in [1.29, 1.82) is 0 Å². The number of hydrogen-bond donors (Lipinski definition) is 2. The molecule has 5 nitrogen and oxygen atoms in total. The van der Waals surface area contributed by atoms with E-state index in [0.717, 1.165) is 18.8 Å². The van der Waals surface area contributed by atoms with Gasteiger partial charge in [-0.05, 0) is 13.3 Å². The molecule has 5 heteroatoms. The number of nitrogens with two attached hydrogens (primary N) is 1. The lowest BCUT2D eigenvalue weighted by atomic mass is 10.3. The summed E-state index contributed by atoms with van der Waals surface area (Å²) in [5.74, 6) is 1.91. The number of aromatic nitrogens is 2. The van der Waals surface area contributed by atoms with Crippen molar-refractivity contribution in [2.24, 2.45) is 0 Å². The van der Waals surface area contributed by atoms with Gasteiger partial charge < -0.3 is 15.7 Å². The van der Waals surface area contributed by atoms with Gasteiger partial charge in [0.05, 0.1) is 6.61 Å². The maximum Gasteiger partial charge on any atom is 0.134 e. The molecule has 1 heterocycles. The Morgan fingerprint density at radius 2 is 2.13 bits per heavy atom. The van der Waals surface area contributed by atoms with Gasteiger partial charge in [0.25, 0.3) is 0 Å². The third kappa shape index (κ3) is 3.36. The zero-order valence-electron chi connectivity index (χ0n) is 9.27. The van der Waals surface area contributed by atoms with Crippen LogP contribution in [-0.2, 0) is 0 Å². The lowest BCUT2D eigenvalue weighted by Crippen LogP contribution is -2.28. The lowest BCUT2D eigenvalue weighted by Gasteiger charge is -2.22. The number of aryl methyl sites for hydroxylation is 1. The molecule has 0 fully saturated rings. The standard InChI is InChI=1S/C10H18N4O/c1-3-4-14(5-6-15)10-7-9(11)12-8(2)13-10/h7,15H,3-6H2,1-2H3,(H2,11,12,13). The molecule has 0 atom stereocenters. The zero-order chi connectivity index (χ0) is 11.3. The molecule has 84 valence electrons. The predicted octanol–water partition coefficient (Wildman–Crippen LogP) is 0.576. The third-order valence-electron chi connectivity index (χ3n) is 2.03. The first kappa shape index (κ1) is 11.7. The van der Waals surface area contributed by atoms with Gasteiger partial charge in [0, 0.05) is 19.2 Å². The van der Waals surface area contributed by atoms with Crippen molar-refractivity contribution in [3.8, 4) is 0 Å². The van der Waals surface area contributed by atoms with Crippen LogP contribution in [0.1, 0.15) is 19.2 Å². The summed E-state index contributed by atoms with van der Waals surface area (Å²) >= 11 is 0. The molecule has 0 saturated carbocycles. The summed E-state index contributed by atoms with van der Waals surface area (Å²) in [5.41, 5.74) is 5.65. The van der Waals surface area contributed by atoms with Crippen molar-refractivity contribution in [3.63, 3.8) is 0 Å². The second-order valence-corrected chi connectivity index (χ2v) is 3.41. The Morgan fingerprint density at radius 1 is 1.40 bits per heavy atom. The van der Waals surface area contributed by atoms with Crippen LogP contribution >= 0.6 is 0 Å². The van der Waals surface area contributed by atoms with E-state index in [4.69, 9.17) is 10.8 Å². The lowest BCUT2D eigenvalue weighted by molar-refractivity contribution is 0.301. The van der Waals surface area contributed by atoms with E-state index in [2.05, 4.69) is 16.9 Å². The third-order valence-corrected chi connectivity index (χ3v) is 2.03. The summed E-state index contributed by atoms with van der Waals surface area (Å²) in [6, 6.07) is 1.73. The van der Waals surface area contributed by atoms with E-state index in [0.29, 0.717) is 18.2 Å². The quantitative estimate of drug-likeness (QED) is 0.743. The van der Waals surface area contributed by atoms with Gasteiger partial charge in [0.2, 0.25) is 0 Å². The van der Waals surface area contributed by atoms with Crippen LogP contribution in [0.15, 0.2) is 6.07 Å². The van der Waals surface area contributed by atoms with Gasteiger partial charge in [-0.1, -0.05) is 6.92 Å². The summed E-state index contributed by atoms with van der Waals surface area (Å²) in [6.07, 6.45) is 1.00. The first-order valence-electron chi connectivity index (χ1n) is 5.14. The predicted molar refractivity (Wildman–Crippen MR) is 60.8 cm³/mol. The Balaban J connectivity index is 2.88. The van der Waals surface area contributed by atoms with E-state index in [1.54, 1.807) is 6.07 Å². The summed E-state index contributed by atoms with van der Waals surface area (Å²) in [4.78, 5) is 10.3. The molecule has 1 aromatic heterocycles. The van der Waals surface area contributed by atoms with Gasteiger partial charge in [-0.2, -0.15) is 0 Å². The molecule has 0 unspecified atom stereocenters. The van der Waals surface area contributed by atoms with E-state index < -0.39 is 0 Å². The molecule has 0 saturated heterocycles. The molecule has 3 N–H and O–H groups in total. The second-order valence-electron chi connectivity index (χ2n) is 3.41. The minimum Gasteiger partial charge on any atom is -0.395 e. The molecule has 0 aliphatic rings. The van der Waals surface area contributed by atoms with Crippen LogP contribution in [0.3, 0.4) is 0 Å². The van der Waals surface area contributed by atoms with Crippen LogP contribution in [0, 0.1) is 6.92 Å². The number of rotatable bonds is 5. The van der Waals surface area contributed by atoms with Gasteiger partial charge in [-0.25, -0.2) is 9.97 Å². The first-order valence-corrected chi connectivity index (χ1v) is 5.14. The van der Waals surface area contributed by atoms with Crippen molar-refractivity contribution in [1.82, 2.24) is 9.97 Å². The maximum absolute atomic E-state index is 8.95. The van der Waals surface area contributed by atoms with Crippen LogP contribution in [0.5, 0.6) is 0 Å². The Morgan fingerprint density at radius 3 is 2.67 bits per heavy atom. The van der Waals surface area contributed by atoms with Gasteiger partial charge in [-0.3, -0.25) is 0 Å². The van der Waals surface area contributed by atoms with Crippen LogP contribution < -0.4 is 10.6 Å². The van der Waals surface area contributed by atoms with Gasteiger partial charge >= 0.3 is 0 Å². The molecule has 1 aromatic rings. The molecular weight excluding hydrogens is 192 g/mol. The van der Waals surface area contributed by atoms with Crippen LogP contribution in [0.2, 0.25) is 0 Å². The Labute approximate surface area is 90.0 Å². The van der Waals surface area contributed by atoms with Crippen molar-refractivity contribution in [2.45, 2.75) is 20.3 Å². The average Bonchev–Trinajstić information content (AvgIpc) is 2.16. The molecule has 15 heavy (non-hydrogen) atoms. The second kappa shape index (κ2) is 5.50.